The van der Waals surface area contributed by atoms with Gasteiger partial charge in [-0.25, -0.2) is 19.7 Å². The standard InChI is InChI=1S/C11H12ClN5.C2HF3O2/c12-10-9-11(15-4-14-10)17(5-16-9)8-2-6-1-7(8)13-3-6;3-2(4,5)1(6)7/h4-8,13H,1-3H2;(H,6,7)/t6-,7+,8+;/m1./s1. The van der Waals surface area contributed by atoms with Crippen molar-refractivity contribution < 1.29 is 23.1 Å². The lowest BCUT2D eigenvalue weighted by Crippen LogP contribution is -2.34. The smallest absolute Gasteiger partial charge is 0.475 e. The molecule has 0 aromatic carbocycles. The van der Waals surface area contributed by atoms with Crippen molar-refractivity contribution in [3.63, 3.8) is 0 Å². The highest BCUT2D eigenvalue weighted by Crippen LogP contribution is 2.40. The first-order valence-corrected chi connectivity index (χ1v) is 7.51. The summed E-state index contributed by atoms with van der Waals surface area (Å²) in [5.74, 6) is -1.95. The molecular weight excluding hydrogens is 351 g/mol. The van der Waals surface area contributed by atoms with Gasteiger partial charge in [0.05, 0.1) is 12.4 Å². The quantitative estimate of drug-likeness (QED) is 0.753. The van der Waals surface area contributed by atoms with Crippen LogP contribution in [0, 0.1) is 5.92 Å². The predicted octanol–water partition coefficient (Wildman–Crippen LogP) is 2.04. The number of alkyl halides is 3. The molecule has 2 N–H and O–H groups in total. The van der Waals surface area contributed by atoms with Gasteiger partial charge in [-0.15, -0.1) is 0 Å². The van der Waals surface area contributed by atoms with Gasteiger partial charge >= 0.3 is 12.1 Å². The van der Waals surface area contributed by atoms with E-state index in [9.17, 15) is 13.2 Å². The molecule has 0 amide bonds. The topological polar surface area (TPSA) is 92.9 Å². The van der Waals surface area contributed by atoms with Gasteiger partial charge in [-0.05, 0) is 25.3 Å². The Kier molecular flexibility index (Phi) is 4.35. The minimum Gasteiger partial charge on any atom is -0.475 e. The average molecular weight is 364 g/mol. The Balaban J connectivity index is 0.000000209. The summed E-state index contributed by atoms with van der Waals surface area (Å²) in [5.41, 5.74) is 1.56. The van der Waals surface area contributed by atoms with Crippen LogP contribution in [0.5, 0.6) is 0 Å². The number of halogens is 4. The first-order chi connectivity index (χ1) is 11.3. The van der Waals surface area contributed by atoms with E-state index in [2.05, 4.69) is 24.8 Å². The number of carboxylic acids is 1. The Hall–Kier alpha value is -1.94. The molecular formula is C13H13ClF3N5O2. The second-order valence-electron chi connectivity index (χ2n) is 5.71. The summed E-state index contributed by atoms with van der Waals surface area (Å²) in [6.07, 6.45) is 0.746. The number of carbonyl (C=O) groups is 1. The average Bonchev–Trinajstić information content (AvgIpc) is 3.21. The molecule has 3 atom stereocenters. The van der Waals surface area contributed by atoms with Crippen molar-refractivity contribution >= 4 is 28.7 Å². The van der Waals surface area contributed by atoms with Gasteiger partial charge in [-0.1, -0.05) is 11.6 Å². The van der Waals surface area contributed by atoms with E-state index in [0.29, 0.717) is 22.8 Å². The number of hydrogen-bond donors (Lipinski definition) is 2. The number of aliphatic carboxylic acids is 1. The number of aromatic nitrogens is 4. The Morgan fingerprint density at radius 2 is 2.04 bits per heavy atom. The third kappa shape index (κ3) is 3.16. The van der Waals surface area contributed by atoms with Crippen LogP contribution in [0.2, 0.25) is 5.15 Å². The Morgan fingerprint density at radius 1 is 1.33 bits per heavy atom. The van der Waals surface area contributed by atoms with Crippen LogP contribution < -0.4 is 5.32 Å². The van der Waals surface area contributed by atoms with Crippen LogP contribution in [0.4, 0.5) is 13.2 Å². The van der Waals surface area contributed by atoms with Gasteiger partial charge in [-0.3, -0.25) is 0 Å². The van der Waals surface area contributed by atoms with Crippen molar-refractivity contribution in [2.24, 2.45) is 5.92 Å². The summed E-state index contributed by atoms with van der Waals surface area (Å²) in [7, 11) is 0. The maximum atomic E-state index is 10.6. The van der Waals surface area contributed by atoms with Crippen molar-refractivity contribution in [1.82, 2.24) is 24.8 Å². The fourth-order valence-electron chi connectivity index (χ4n) is 3.20. The highest BCUT2D eigenvalue weighted by atomic mass is 35.5. The van der Waals surface area contributed by atoms with Crippen LogP contribution in [0.3, 0.4) is 0 Å². The molecule has 2 aromatic heterocycles. The number of piperidine rings is 1. The number of hydrogen-bond acceptors (Lipinski definition) is 5. The molecule has 130 valence electrons. The summed E-state index contributed by atoms with van der Waals surface area (Å²) in [4.78, 5) is 21.5. The highest BCUT2D eigenvalue weighted by molar-refractivity contribution is 6.33. The van der Waals surface area contributed by atoms with Gasteiger partial charge in [0.1, 0.15) is 11.8 Å². The molecule has 3 heterocycles. The number of rotatable bonds is 1. The summed E-state index contributed by atoms with van der Waals surface area (Å²) in [6, 6.07) is 1.02. The first-order valence-electron chi connectivity index (χ1n) is 7.14. The fourth-order valence-corrected chi connectivity index (χ4v) is 3.37. The third-order valence-electron chi connectivity index (χ3n) is 4.21. The van der Waals surface area contributed by atoms with Crippen molar-refractivity contribution in [2.75, 3.05) is 6.54 Å². The highest BCUT2D eigenvalue weighted by Gasteiger charge is 2.41. The van der Waals surface area contributed by atoms with E-state index in [1.54, 1.807) is 0 Å². The van der Waals surface area contributed by atoms with Crippen molar-refractivity contribution in [2.45, 2.75) is 31.1 Å². The molecule has 1 saturated carbocycles. The zero-order valence-corrected chi connectivity index (χ0v) is 12.9. The lowest BCUT2D eigenvalue weighted by atomic mass is 10.1. The Labute approximate surface area is 138 Å². The molecule has 0 unspecified atom stereocenters. The van der Waals surface area contributed by atoms with Crippen LogP contribution in [0.25, 0.3) is 11.2 Å². The number of nitrogens with one attached hydrogen (secondary N) is 1. The van der Waals surface area contributed by atoms with Crippen LogP contribution in [0.1, 0.15) is 18.9 Å². The molecule has 2 fully saturated rings. The zero-order chi connectivity index (χ0) is 17.5. The maximum absolute atomic E-state index is 10.6. The second-order valence-corrected chi connectivity index (χ2v) is 6.07. The summed E-state index contributed by atoms with van der Waals surface area (Å²) in [6.45, 7) is 1.16. The van der Waals surface area contributed by atoms with E-state index in [0.717, 1.165) is 18.1 Å². The Morgan fingerprint density at radius 3 is 2.58 bits per heavy atom. The van der Waals surface area contributed by atoms with Gasteiger partial charge < -0.3 is 15.0 Å². The molecule has 2 aliphatic rings. The van der Waals surface area contributed by atoms with Crippen LogP contribution in [0.15, 0.2) is 12.7 Å². The molecule has 7 nitrogen and oxygen atoms in total. The molecule has 0 spiro atoms. The Bertz CT molecular complexity index is 766. The number of nitrogens with zero attached hydrogens (tertiary/aromatic N) is 4. The molecule has 24 heavy (non-hydrogen) atoms. The van der Waals surface area contributed by atoms with E-state index in [-0.39, 0.29) is 0 Å². The predicted molar refractivity (Wildman–Crippen MR) is 77.6 cm³/mol. The molecule has 11 heteroatoms. The summed E-state index contributed by atoms with van der Waals surface area (Å²) >= 11 is 6.01. The van der Waals surface area contributed by atoms with E-state index >= 15 is 0 Å². The molecule has 2 aromatic rings. The SMILES string of the molecule is Clc1ncnc2c1ncn2[C@H]1C[C@@H]2CN[C@H]1C2.O=C(O)C(F)(F)F. The number of fused-ring (bicyclic) bond motifs is 3. The minimum absolute atomic E-state index is 0.435. The van der Waals surface area contributed by atoms with E-state index in [4.69, 9.17) is 21.5 Å². The maximum Gasteiger partial charge on any atom is 0.490 e. The van der Waals surface area contributed by atoms with E-state index in [1.807, 2.05) is 6.33 Å². The summed E-state index contributed by atoms with van der Waals surface area (Å²) < 4.78 is 33.9. The van der Waals surface area contributed by atoms with E-state index < -0.39 is 12.1 Å². The van der Waals surface area contributed by atoms with Gasteiger partial charge in [0.2, 0.25) is 0 Å². The molecule has 2 bridgehead atoms. The van der Waals surface area contributed by atoms with E-state index in [1.165, 1.54) is 19.2 Å². The zero-order valence-electron chi connectivity index (χ0n) is 12.2. The van der Waals surface area contributed by atoms with Gasteiger partial charge in [0, 0.05) is 6.04 Å². The van der Waals surface area contributed by atoms with Crippen LogP contribution in [-0.4, -0.2) is 49.4 Å². The molecule has 1 saturated heterocycles. The van der Waals surface area contributed by atoms with Gasteiger partial charge in [0.15, 0.2) is 10.8 Å². The van der Waals surface area contributed by atoms with Crippen molar-refractivity contribution in [3.8, 4) is 0 Å². The molecule has 0 radical (unpaired) electrons. The van der Waals surface area contributed by atoms with Crippen LogP contribution in [-0.2, 0) is 4.79 Å². The summed E-state index contributed by atoms with van der Waals surface area (Å²) in [5, 5.41) is 11.1. The van der Waals surface area contributed by atoms with Crippen molar-refractivity contribution in [1.29, 1.82) is 0 Å². The van der Waals surface area contributed by atoms with Gasteiger partial charge in [-0.2, -0.15) is 13.2 Å². The molecule has 1 aliphatic carbocycles. The number of carboxylic acid groups (broad SMARTS) is 1. The second kappa shape index (κ2) is 6.17. The lowest BCUT2D eigenvalue weighted by molar-refractivity contribution is -0.192. The third-order valence-corrected chi connectivity index (χ3v) is 4.49. The van der Waals surface area contributed by atoms with Gasteiger partial charge in [0.25, 0.3) is 0 Å². The lowest BCUT2D eigenvalue weighted by Gasteiger charge is -2.24. The monoisotopic (exact) mass is 363 g/mol. The molecule has 1 aliphatic heterocycles. The van der Waals surface area contributed by atoms with Crippen LogP contribution >= 0.6 is 11.6 Å². The largest absolute Gasteiger partial charge is 0.490 e. The minimum atomic E-state index is -5.08. The van der Waals surface area contributed by atoms with Crippen molar-refractivity contribution in [3.05, 3.63) is 17.8 Å². The number of imidazole rings is 1. The first kappa shape index (κ1) is 16.9. The fraction of sp³-hybridized carbons (Fsp3) is 0.538. The molecule has 4 rings (SSSR count). The normalized spacial score (nSPS) is 25.6.